The summed E-state index contributed by atoms with van der Waals surface area (Å²) in [6.45, 7) is 0. The highest BCUT2D eigenvalue weighted by atomic mass is 32.1. The Bertz CT molecular complexity index is 9390. The lowest BCUT2D eigenvalue weighted by atomic mass is 9.85. The fraction of sp³-hybridized carbons (Fsp3) is 0. The van der Waals surface area contributed by atoms with Gasteiger partial charge in [0.1, 0.15) is 22.3 Å². The standard InChI is InChI=1S/2C46H28O.C36H22S/c1-2-12-30-25-34(24-23-29(30)11-1)31-15-9-16-35(26-31)44-36-17-5-7-19-38(36)45(39-20-8-6-18-37(39)44)41-22-10-21-40-42-27-32-13-3-4-14-33(32)28-43(42)47-46(40)41;1-2-11-32-26-35(25-22-29(32)10-1)30-20-23-31(24-21-30)44-36-14-5-7-16-38(36)45(39-17-8-6-15-37(39)44)41-19-9-18-40-42-27-33-12-3-4-13-34(33)28-43(42)47-46(40)41;1-2-11-24(12-3-1)34-27-14-6-8-16-29(27)35(30-17-9-7-15-28(30)34)25-18-20-31-33(22-25)37-32-21-19-23-10-4-5-13-26(23)36(31)32/h2*1-28H;1-22H. The lowest BCUT2D eigenvalue weighted by molar-refractivity contribution is 0.670. The minimum atomic E-state index is 0.918. The van der Waals surface area contributed by atoms with Gasteiger partial charge in [-0.2, -0.15) is 0 Å². The Labute approximate surface area is 759 Å². The molecule has 0 saturated carbocycles. The molecule has 0 unspecified atom stereocenters. The monoisotopic (exact) mass is 1680 g/mol. The summed E-state index contributed by atoms with van der Waals surface area (Å²) in [6, 6.07) is 172. The van der Waals surface area contributed by atoms with Gasteiger partial charge in [-0.3, -0.25) is 0 Å². The van der Waals surface area contributed by atoms with Crippen LogP contribution in [0.5, 0.6) is 0 Å². The van der Waals surface area contributed by atoms with E-state index in [0.717, 1.165) is 55.0 Å². The zero-order valence-electron chi connectivity index (χ0n) is 71.3. The average Bonchev–Trinajstić information content (AvgIpc) is 1.72. The van der Waals surface area contributed by atoms with E-state index in [9.17, 15) is 0 Å². The first-order chi connectivity index (χ1) is 65.0. The molecule has 0 fully saturated rings. The Kier molecular flexibility index (Phi) is 17.9. The van der Waals surface area contributed by atoms with Gasteiger partial charge < -0.3 is 8.83 Å². The molecular formula is C128H78O2S. The number of furan rings is 2. The first-order valence-corrected chi connectivity index (χ1v) is 45.9. The quantitative estimate of drug-likeness (QED) is 0.142. The summed E-state index contributed by atoms with van der Waals surface area (Å²) >= 11 is 1.90. The van der Waals surface area contributed by atoms with Gasteiger partial charge in [-0.05, 0) is 240 Å². The van der Waals surface area contributed by atoms with E-state index in [1.165, 1.54) is 217 Å². The number of hydrogen-bond acceptors (Lipinski definition) is 3. The number of rotatable bonds is 8. The maximum Gasteiger partial charge on any atom is 0.143 e. The first kappa shape index (κ1) is 75.5. The first-order valence-electron chi connectivity index (χ1n) is 45.1. The van der Waals surface area contributed by atoms with Gasteiger partial charge in [0.05, 0.1) is 0 Å². The highest BCUT2D eigenvalue weighted by Gasteiger charge is 2.26. The predicted molar refractivity (Wildman–Crippen MR) is 563 cm³/mol. The second-order valence-electron chi connectivity index (χ2n) is 34.6. The summed E-state index contributed by atoms with van der Waals surface area (Å²) < 4.78 is 16.2. The van der Waals surface area contributed by atoms with Crippen LogP contribution in [0.2, 0.25) is 0 Å². The van der Waals surface area contributed by atoms with E-state index in [2.05, 4.69) is 473 Å². The minimum Gasteiger partial charge on any atom is -0.455 e. The van der Waals surface area contributed by atoms with Crippen molar-refractivity contribution in [1.29, 1.82) is 0 Å². The minimum absolute atomic E-state index is 0.918. The second kappa shape index (κ2) is 31.0. The molecule has 25 aromatic carbocycles. The van der Waals surface area contributed by atoms with Crippen LogP contribution in [0, 0.1) is 0 Å². The molecule has 608 valence electrons. The van der Waals surface area contributed by atoms with Crippen LogP contribution in [0.4, 0.5) is 0 Å². The lowest BCUT2D eigenvalue weighted by Gasteiger charge is -2.18. The zero-order valence-corrected chi connectivity index (χ0v) is 72.1. The van der Waals surface area contributed by atoms with Crippen molar-refractivity contribution in [3.05, 3.63) is 473 Å². The number of benzene rings is 25. The van der Waals surface area contributed by atoms with E-state index in [4.69, 9.17) is 8.83 Å². The van der Waals surface area contributed by atoms with Crippen LogP contribution >= 0.6 is 11.3 Å². The molecule has 0 amide bonds. The van der Waals surface area contributed by atoms with Crippen LogP contribution in [0.25, 0.3) is 272 Å². The highest BCUT2D eigenvalue weighted by Crippen LogP contribution is 2.52. The molecule has 28 aromatic rings. The normalized spacial score (nSPS) is 11.8. The molecular weight excluding hydrogens is 1600 g/mol. The van der Waals surface area contributed by atoms with Crippen molar-refractivity contribution in [2.45, 2.75) is 0 Å². The summed E-state index contributed by atoms with van der Waals surface area (Å²) in [4.78, 5) is 0. The van der Waals surface area contributed by atoms with Gasteiger partial charge in [-0.15, -0.1) is 11.3 Å². The summed E-state index contributed by atoms with van der Waals surface area (Å²) in [5.41, 5.74) is 23.3. The van der Waals surface area contributed by atoms with Crippen LogP contribution < -0.4 is 0 Å². The highest BCUT2D eigenvalue weighted by molar-refractivity contribution is 7.26. The van der Waals surface area contributed by atoms with Crippen LogP contribution in [0.3, 0.4) is 0 Å². The fourth-order valence-corrected chi connectivity index (χ4v) is 22.5. The molecule has 3 heteroatoms. The summed E-state index contributed by atoms with van der Waals surface area (Å²) in [6.07, 6.45) is 0. The van der Waals surface area contributed by atoms with Crippen LogP contribution in [-0.4, -0.2) is 0 Å². The molecule has 0 saturated heterocycles. The summed E-state index contributed by atoms with van der Waals surface area (Å²) in [7, 11) is 0. The number of hydrogen-bond donors (Lipinski definition) is 0. The van der Waals surface area contributed by atoms with Gasteiger partial charge in [0.2, 0.25) is 0 Å². The Morgan fingerprint density at radius 3 is 0.878 bits per heavy atom. The van der Waals surface area contributed by atoms with E-state index >= 15 is 0 Å². The van der Waals surface area contributed by atoms with Crippen molar-refractivity contribution >= 4 is 194 Å². The molecule has 0 radical (unpaired) electrons. The molecule has 2 nitrogen and oxygen atoms in total. The molecule has 0 atom stereocenters. The van der Waals surface area contributed by atoms with E-state index in [0.29, 0.717) is 0 Å². The smallest absolute Gasteiger partial charge is 0.143 e. The number of para-hydroxylation sites is 2. The zero-order chi connectivity index (χ0) is 86.1. The topological polar surface area (TPSA) is 26.3 Å². The Morgan fingerprint density at radius 2 is 0.427 bits per heavy atom. The van der Waals surface area contributed by atoms with Crippen molar-refractivity contribution in [1.82, 2.24) is 0 Å². The van der Waals surface area contributed by atoms with Crippen molar-refractivity contribution < 1.29 is 8.83 Å². The van der Waals surface area contributed by atoms with Gasteiger partial charge in [0.25, 0.3) is 0 Å². The van der Waals surface area contributed by atoms with E-state index in [1.54, 1.807) is 0 Å². The number of thiophene rings is 1. The van der Waals surface area contributed by atoms with Crippen LogP contribution in [0.15, 0.2) is 482 Å². The molecule has 3 aromatic heterocycles. The molecule has 0 aliphatic rings. The molecule has 3 heterocycles. The van der Waals surface area contributed by atoms with Crippen molar-refractivity contribution in [2.24, 2.45) is 0 Å². The largest absolute Gasteiger partial charge is 0.455 e. The summed E-state index contributed by atoms with van der Waals surface area (Å²) in [5, 5.41) is 34.8. The van der Waals surface area contributed by atoms with Gasteiger partial charge in [-0.1, -0.05) is 419 Å². The maximum atomic E-state index is 6.75. The molecule has 0 aliphatic carbocycles. The second-order valence-corrected chi connectivity index (χ2v) is 35.7. The molecule has 0 aliphatic heterocycles. The Balaban J connectivity index is 0.000000104. The van der Waals surface area contributed by atoms with Gasteiger partial charge in [0, 0.05) is 64.0 Å². The van der Waals surface area contributed by atoms with Crippen molar-refractivity contribution in [2.75, 3.05) is 0 Å². The molecule has 28 rings (SSSR count). The SMILES string of the molecule is c1cc(-c2ccc3ccccc3c2)cc(-c2c3ccccc3c(-c3cccc4c3oc3cc5ccccc5cc34)c3ccccc23)c1.c1ccc(-c2c3ccccc3c(-c3ccc4c(c3)sc3ccc5ccccc5c34)c3ccccc23)cc1.c1ccc2cc(-c3ccc(-c4c5ccccc5c(-c5cccc6c5oc5cc7ccccc7cc56)c5ccccc45)cc3)ccc2c1. The van der Waals surface area contributed by atoms with Crippen LogP contribution in [-0.2, 0) is 0 Å². The van der Waals surface area contributed by atoms with Crippen LogP contribution in [0.1, 0.15) is 0 Å². The Hall–Kier alpha value is -16.8. The Morgan fingerprint density at radius 1 is 0.137 bits per heavy atom. The predicted octanol–water partition coefficient (Wildman–Crippen LogP) is 37.2. The summed E-state index contributed by atoms with van der Waals surface area (Å²) in [5.74, 6) is 0. The molecule has 0 bridgehead atoms. The third-order valence-electron chi connectivity index (χ3n) is 27.3. The maximum absolute atomic E-state index is 6.75. The van der Waals surface area contributed by atoms with E-state index in [1.807, 2.05) is 11.3 Å². The average molecular weight is 1680 g/mol. The third kappa shape index (κ3) is 12.7. The third-order valence-corrected chi connectivity index (χ3v) is 28.4. The van der Waals surface area contributed by atoms with E-state index < -0.39 is 0 Å². The lowest BCUT2D eigenvalue weighted by Crippen LogP contribution is -1.91. The molecule has 131 heavy (non-hydrogen) atoms. The molecule has 0 spiro atoms. The fourth-order valence-electron chi connectivity index (χ4n) is 21.3. The van der Waals surface area contributed by atoms with Gasteiger partial charge in [0.15, 0.2) is 0 Å². The van der Waals surface area contributed by atoms with Gasteiger partial charge in [-0.25, -0.2) is 0 Å². The van der Waals surface area contributed by atoms with Crippen molar-refractivity contribution in [3.8, 4) is 89.0 Å². The molecule has 0 N–H and O–H groups in total. The van der Waals surface area contributed by atoms with E-state index in [-0.39, 0.29) is 0 Å². The number of fused-ring (bicyclic) bond motifs is 21. The van der Waals surface area contributed by atoms with Gasteiger partial charge >= 0.3 is 0 Å². The van der Waals surface area contributed by atoms with Crippen molar-refractivity contribution in [3.63, 3.8) is 0 Å².